The molecule has 2 aliphatic rings. The van der Waals surface area contributed by atoms with E-state index in [0.29, 0.717) is 0 Å². The third-order valence-electron chi connectivity index (χ3n) is 5.85. The van der Waals surface area contributed by atoms with Gasteiger partial charge >= 0.3 is 0 Å². The second kappa shape index (κ2) is 6.44. The molecule has 1 aromatic carbocycles. The van der Waals surface area contributed by atoms with E-state index in [4.69, 9.17) is 4.98 Å². The van der Waals surface area contributed by atoms with Crippen LogP contribution in [0.5, 0.6) is 0 Å². The molecule has 0 atom stereocenters. The lowest BCUT2D eigenvalue weighted by atomic mass is 10.0. The van der Waals surface area contributed by atoms with E-state index in [0.717, 1.165) is 30.9 Å². The van der Waals surface area contributed by atoms with E-state index in [1.165, 1.54) is 60.4 Å². The number of nitrogens with one attached hydrogen (secondary N) is 1. The maximum atomic E-state index is 5.09. The zero-order chi connectivity index (χ0) is 17.5. The Kier molecular flexibility index (Phi) is 3.93. The van der Waals surface area contributed by atoms with Crippen molar-refractivity contribution >= 4 is 11.3 Å². The Morgan fingerprint density at radius 1 is 1.12 bits per heavy atom. The van der Waals surface area contributed by atoms with Crippen molar-refractivity contribution in [3.05, 3.63) is 53.3 Å². The molecule has 26 heavy (non-hydrogen) atoms. The van der Waals surface area contributed by atoms with Gasteiger partial charge in [-0.15, -0.1) is 0 Å². The lowest BCUT2D eigenvalue weighted by Gasteiger charge is -2.26. The molecule has 0 amide bonds. The molecule has 0 bridgehead atoms. The van der Waals surface area contributed by atoms with Crippen molar-refractivity contribution in [2.75, 3.05) is 25.0 Å². The van der Waals surface area contributed by atoms with Gasteiger partial charge in [-0.05, 0) is 68.6 Å². The largest absolute Gasteiger partial charge is 0.384 e. The third kappa shape index (κ3) is 2.69. The van der Waals surface area contributed by atoms with Crippen molar-refractivity contribution in [2.24, 2.45) is 0 Å². The quantitative estimate of drug-likeness (QED) is 0.769. The molecular weight excluding hydrogens is 320 g/mol. The Hall–Kier alpha value is -2.33. The molecule has 0 radical (unpaired) electrons. The fourth-order valence-electron chi connectivity index (χ4n) is 4.42. The van der Waals surface area contributed by atoms with Crippen molar-refractivity contribution < 1.29 is 0 Å². The Bertz CT molecular complexity index is 950. The first-order chi connectivity index (χ1) is 12.8. The highest BCUT2D eigenvalue weighted by Crippen LogP contribution is 2.32. The number of pyridine rings is 1. The molecule has 0 unspecified atom stereocenters. The number of benzene rings is 1. The summed E-state index contributed by atoms with van der Waals surface area (Å²) in [5, 5.41) is 3.46. The average Bonchev–Trinajstić information content (AvgIpc) is 3.28. The number of aromatic nitrogens is 2. The van der Waals surface area contributed by atoms with Crippen LogP contribution in [0, 0.1) is 6.92 Å². The van der Waals surface area contributed by atoms with E-state index in [1.807, 2.05) is 0 Å². The molecule has 2 aliphatic heterocycles. The zero-order valence-electron chi connectivity index (χ0n) is 15.5. The zero-order valence-corrected chi connectivity index (χ0v) is 15.5. The molecule has 0 saturated carbocycles. The maximum Gasteiger partial charge on any atom is 0.140 e. The van der Waals surface area contributed by atoms with Crippen LogP contribution in [0.1, 0.15) is 36.1 Å². The lowest BCUT2D eigenvalue weighted by molar-refractivity contribution is 0.218. The predicted molar refractivity (Wildman–Crippen MR) is 107 cm³/mol. The van der Waals surface area contributed by atoms with Gasteiger partial charge in [-0.25, -0.2) is 4.98 Å². The molecule has 4 nitrogen and oxygen atoms in total. The molecule has 1 saturated heterocycles. The molecule has 0 aliphatic carbocycles. The van der Waals surface area contributed by atoms with E-state index in [1.54, 1.807) is 0 Å². The second-order valence-corrected chi connectivity index (χ2v) is 7.68. The molecule has 2 aromatic heterocycles. The highest BCUT2D eigenvalue weighted by atomic mass is 15.2. The van der Waals surface area contributed by atoms with Crippen molar-refractivity contribution in [2.45, 2.75) is 39.2 Å². The number of anilines is 1. The van der Waals surface area contributed by atoms with Crippen LogP contribution in [0.3, 0.4) is 0 Å². The van der Waals surface area contributed by atoms with Crippen LogP contribution < -0.4 is 5.32 Å². The van der Waals surface area contributed by atoms with Crippen LogP contribution in [0.25, 0.3) is 16.9 Å². The Morgan fingerprint density at radius 3 is 2.88 bits per heavy atom. The molecule has 1 fully saturated rings. The highest BCUT2D eigenvalue weighted by Gasteiger charge is 2.20. The second-order valence-electron chi connectivity index (χ2n) is 7.68. The molecule has 1 N–H and O–H groups in total. The SMILES string of the molecule is Cc1cccn2c(CN3CCCCC3)c(-c3ccc4c(c3)CCN4)nc12. The summed E-state index contributed by atoms with van der Waals surface area (Å²) in [4.78, 5) is 7.68. The van der Waals surface area contributed by atoms with Gasteiger partial charge in [0.05, 0.1) is 11.4 Å². The van der Waals surface area contributed by atoms with E-state index in [2.05, 4.69) is 58.1 Å². The van der Waals surface area contributed by atoms with E-state index in [9.17, 15) is 0 Å². The number of hydrogen-bond acceptors (Lipinski definition) is 3. The summed E-state index contributed by atoms with van der Waals surface area (Å²) in [5.74, 6) is 0. The van der Waals surface area contributed by atoms with Gasteiger partial charge in [-0.2, -0.15) is 0 Å². The van der Waals surface area contributed by atoms with Crippen LogP contribution >= 0.6 is 0 Å². The molecule has 4 heterocycles. The molecular formula is C22H26N4. The van der Waals surface area contributed by atoms with Gasteiger partial charge in [0.2, 0.25) is 0 Å². The first-order valence-corrected chi connectivity index (χ1v) is 9.86. The van der Waals surface area contributed by atoms with Crippen LogP contribution in [0.4, 0.5) is 5.69 Å². The summed E-state index contributed by atoms with van der Waals surface area (Å²) in [7, 11) is 0. The number of rotatable bonds is 3. The van der Waals surface area contributed by atoms with Gasteiger partial charge in [0.25, 0.3) is 0 Å². The van der Waals surface area contributed by atoms with Crippen LogP contribution in [0.15, 0.2) is 36.5 Å². The molecule has 0 spiro atoms. The molecule has 134 valence electrons. The number of imidazole rings is 1. The number of hydrogen-bond donors (Lipinski definition) is 1. The highest BCUT2D eigenvalue weighted by molar-refractivity contribution is 5.72. The van der Waals surface area contributed by atoms with Gasteiger partial charge < -0.3 is 9.72 Å². The Morgan fingerprint density at radius 2 is 2.00 bits per heavy atom. The minimum Gasteiger partial charge on any atom is -0.384 e. The summed E-state index contributed by atoms with van der Waals surface area (Å²) >= 11 is 0. The van der Waals surface area contributed by atoms with Gasteiger partial charge in [-0.3, -0.25) is 4.90 Å². The van der Waals surface area contributed by atoms with E-state index >= 15 is 0 Å². The van der Waals surface area contributed by atoms with E-state index in [-0.39, 0.29) is 0 Å². The minimum absolute atomic E-state index is 0.981. The van der Waals surface area contributed by atoms with Crippen molar-refractivity contribution in [1.82, 2.24) is 14.3 Å². The van der Waals surface area contributed by atoms with Crippen LogP contribution in [-0.2, 0) is 13.0 Å². The predicted octanol–water partition coefficient (Wildman–Crippen LogP) is 4.26. The average molecular weight is 346 g/mol. The van der Waals surface area contributed by atoms with Crippen LogP contribution in [0.2, 0.25) is 0 Å². The van der Waals surface area contributed by atoms with Crippen LogP contribution in [-0.4, -0.2) is 33.9 Å². The number of piperidine rings is 1. The van der Waals surface area contributed by atoms with Gasteiger partial charge in [0.15, 0.2) is 0 Å². The Labute approximate surface area is 154 Å². The van der Waals surface area contributed by atoms with Crippen molar-refractivity contribution in [3.8, 4) is 11.3 Å². The standard InChI is InChI=1S/C22H26N4/c1-16-6-5-13-26-20(15-25-11-3-2-4-12-25)21(24-22(16)26)18-7-8-19-17(14-18)9-10-23-19/h5-8,13-14,23H,2-4,9-12,15H2,1H3. The monoisotopic (exact) mass is 346 g/mol. The first kappa shape index (κ1) is 15.9. The number of fused-ring (bicyclic) bond motifs is 2. The maximum absolute atomic E-state index is 5.09. The van der Waals surface area contributed by atoms with Gasteiger partial charge in [-0.1, -0.05) is 18.6 Å². The van der Waals surface area contributed by atoms with Crippen molar-refractivity contribution in [1.29, 1.82) is 0 Å². The summed E-state index contributed by atoms with van der Waals surface area (Å²) in [6.07, 6.45) is 7.28. The normalized spacial score (nSPS) is 17.4. The number of likely N-dealkylation sites (tertiary alicyclic amines) is 1. The van der Waals surface area contributed by atoms with Crippen molar-refractivity contribution in [3.63, 3.8) is 0 Å². The summed E-state index contributed by atoms with van der Waals surface area (Å²) < 4.78 is 2.31. The Balaban J connectivity index is 1.63. The molecule has 5 rings (SSSR count). The van der Waals surface area contributed by atoms with Gasteiger partial charge in [0, 0.05) is 30.5 Å². The summed E-state index contributed by atoms with van der Waals surface area (Å²) in [6.45, 7) is 6.58. The lowest BCUT2D eigenvalue weighted by Crippen LogP contribution is -2.29. The smallest absolute Gasteiger partial charge is 0.140 e. The first-order valence-electron chi connectivity index (χ1n) is 9.86. The molecule has 4 heteroatoms. The summed E-state index contributed by atoms with van der Waals surface area (Å²) in [5.41, 5.74) is 8.76. The summed E-state index contributed by atoms with van der Waals surface area (Å²) in [6, 6.07) is 11.1. The number of nitrogens with zero attached hydrogens (tertiary/aromatic N) is 3. The van der Waals surface area contributed by atoms with E-state index < -0.39 is 0 Å². The molecule has 3 aromatic rings. The number of aryl methyl sites for hydroxylation is 1. The fraction of sp³-hybridized carbons (Fsp3) is 0.409. The topological polar surface area (TPSA) is 32.6 Å². The van der Waals surface area contributed by atoms with Gasteiger partial charge in [0.1, 0.15) is 5.65 Å². The minimum atomic E-state index is 0.981. The fourth-order valence-corrected chi connectivity index (χ4v) is 4.42. The third-order valence-corrected chi connectivity index (χ3v) is 5.85.